The van der Waals surface area contributed by atoms with E-state index < -0.39 is 6.10 Å². The summed E-state index contributed by atoms with van der Waals surface area (Å²) in [7, 11) is 0. The average Bonchev–Trinajstić information content (AvgIpc) is 3.03. The Labute approximate surface area is 156 Å². The number of benzene rings is 1. The minimum atomic E-state index is -0.535. The summed E-state index contributed by atoms with van der Waals surface area (Å²) in [6, 6.07) is 7.49. The molecule has 1 aromatic rings. The Morgan fingerprint density at radius 2 is 1.76 bits per heavy atom. The number of hydrogen-bond donors (Lipinski definition) is 1. The second kappa shape index (κ2) is 7.70. The first-order valence-electron chi connectivity index (χ1n) is 8.66. The predicted molar refractivity (Wildman–Crippen MR) is 98.7 cm³/mol. The SMILES string of the molecule is C=CC(=O)N1CCC(C(=O)N2CC[C@@H](O)[C@H]2c2ccc(Br)cc2)CC1. The number of rotatable bonds is 3. The molecule has 134 valence electrons. The molecular formula is C19H23BrN2O3. The second-order valence-electron chi connectivity index (χ2n) is 6.69. The first kappa shape index (κ1) is 18.1. The monoisotopic (exact) mass is 406 g/mol. The van der Waals surface area contributed by atoms with Gasteiger partial charge in [-0.1, -0.05) is 34.6 Å². The largest absolute Gasteiger partial charge is 0.391 e. The van der Waals surface area contributed by atoms with Crippen LogP contribution in [0.2, 0.25) is 0 Å². The standard InChI is InChI=1S/C19H23BrN2O3/c1-2-17(24)21-10-7-14(8-11-21)19(25)22-12-9-16(23)18(22)13-3-5-15(20)6-4-13/h2-6,14,16,18,23H,1,7-12H2/t16-,18-/m1/s1. The normalized spacial score (nSPS) is 24.4. The minimum Gasteiger partial charge on any atom is -0.391 e. The molecule has 1 N–H and O–H groups in total. The molecule has 2 aliphatic heterocycles. The van der Waals surface area contributed by atoms with Gasteiger partial charge in [-0.25, -0.2) is 0 Å². The van der Waals surface area contributed by atoms with E-state index in [1.165, 1.54) is 6.08 Å². The van der Waals surface area contributed by atoms with Crippen molar-refractivity contribution < 1.29 is 14.7 Å². The molecule has 2 heterocycles. The van der Waals surface area contributed by atoms with E-state index in [1.807, 2.05) is 29.2 Å². The van der Waals surface area contributed by atoms with Crippen LogP contribution in [-0.2, 0) is 9.59 Å². The van der Waals surface area contributed by atoms with E-state index in [0.29, 0.717) is 38.9 Å². The van der Waals surface area contributed by atoms with Crippen molar-refractivity contribution in [2.24, 2.45) is 5.92 Å². The Balaban J connectivity index is 1.70. The van der Waals surface area contributed by atoms with E-state index in [1.54, 1.807) is 4.90 Å². The van der Waals surface area contributed by atoms with Gasteiger partial charge in [0.05, 0.1) is 12.1 Å². The zero-order valence-corrected chi connectivity index (χ0v) is 15.7. The summed E-state index contributed by atoms with van der Waals surface area (Å²) in [5, 5.41) is 10.4. The summed E-state index contributed by atoms with van der Waals surface area (Å²) in [5.41, 5.74) is 0.959. The van der Waals surface area contributed by atoms with Crippen molar-refractivity contribution >= 4 is 27.7 Å². The van der Waals surface area contributed by atoms with E-state index in [0.717, 1.165) is 10.0 Å². The van der Waals surface area contributed by atoms with Gasteiger partial charge in [-0.3, -0.25) is 9.59 Å². The fraction of sp³-hybridized carbons (Fsp3) is 0.474. The molecule has 2 amide bonds. The third kappa shape index (κ3) is 3.80. The summed E-state index contributed by atoms with van der Waals surface area (Å²) < 4.78 is 0.973. The summed E-state index contributed by atoms with van der Waals surface area (Å²) >= 11 is 3.42. The number of hydrogen-bond acceptors (Lipinski definition) is 3. The molecule has 2 aliphatic rings. The number of carbonyl (C=O) groups is 2. The molecule has 0 saturated carbocycles. The Morgan fingerprint density at radius 3 is 2.36 bits per heavy atom. The van der Waals surface area contributed by atoms with Crippen molar-refractivity contribution in [1.82, 2.24) is 9.80 Å². The molecule has 0 aliphatic carbocycles. The van der Waals surface area contributed by atoms with E-state index in [-0.39, 0.29) is 23.8 Å². The lowest BCUT2D eigenvalue weighted by atomic mass is 9.94. The second-order valence-corrected chi connectivity index (χ2v) is 7.60. The fourth-order valence-corrected chi connectivity index (χ4v) is 4.06. The molecule has 0 bridgehead atoms. The number of piperidine rings is 1. The zero-order chi connectivity index (χ0) is 18.0. The molecule has 2 saturated heterocycles. The number of amides is 2. The third-order valence-electron chi connectivity index (χ3n) is 5.19. The van der Waals surface area contributed by atoms with Crippen molar-refractivity contribution in [2.75, 3.05) is 19.6 Å². The van der Waals surface area contributed by atoms with Gasteiger partial charge in [-0.15, -0.1) is 0 Å². The molecule has 5 nitrogen and oxygen atoms in total. The van der Waals surface area contributed by atoms with Crippen molar-refractivity contribution in [1.29, 1.82) is 0 Å². The van der Waals surface area contributed by atoms with Crippen molar-refractivity contribution in [2.45, 2.75) is 31.4 Å². The lowest BCUT2D eigenvalue weighted by molar-refractivity contribution is -0.141. The van der Waals surface area contributed by atoms with Crippen LogP contribution in [0.25, 0.3) is 0 Å². The van der Waals surface area contributed by atoms with E-state index in [4.69, 9.17) is 0 Å². The van der Waals surface area contributed by atoms with Crippen molar-refractivity contribution in [3.05, 3.63) is 47.0 Å². The maximum atomic E-state index is 13.0. The zero-order valence-electron chi connectivity index (χ0n) is 14.1. The highest BCUT2D eigenvalue weighted by Gasteiger charge is 2.40. The van der Waals surface area contributed by atoms with Crippen LogP contribution in [0.3, 0.4) is 0 Å². The molecule has 3 rings (SSSR count). The van der Waals surface area contributed by atoms with Gasteiger partial charge >= 0.3 is 0 Å². The van der Waals surface area contributed by atoms with Crippen LogP contribution in [0.5, 0.6) is 0 Å². The highest BCUT2D eigenvalue weighted by atomic mass is 79.9. The molecule has 0 spiro atoms. The molecule has 0 radical (unpaired) electrons. The molecule has 1 aromatic carbocycles. The Hall–Kier alpha value is -1.66. The highest BCUT2D eigenvalue weighted by Crippen LogP contribution is 2.35. The topological polar surface area (TPSA) is 60.9 Å². The predicted octanol–water partition coefficient (Wildman–Crippen LogP) is 2.51. The van der Waals surface area contributed by atoms with Gasteiger partial charge in [0, 0.05) is 30.0 Å². The molecule has 2 atom stereocenters. The van der Waals surface area contributed by atoms with Gasteiger partial charge in [0.2, 0.25) is 11.8 Å². The minimum absolute atomic E-state index is 0.0739. The number of aliphatic hydroxyl groups excluding tert-OH is 1. The fourth-order valence-electron chi connectivity index (χ4n) is 3.80. The highest BCUT2D eigenvalue weighted by molar-refractivity contribution is 9.10. The molecule has 0 unspecified atom stereocenters. The quantitative estimate of drug-likeness (QED) is 0.784. The molecule has 25 heavy (non-hydrogen) atoms. The maximum absolute atomic E-state index is 13.0. The van der Waals surface area contributed by atoms with Crippen LogP contribution in [0, 0.1) is 5.92 Å². The van der Waals surface area contributed by atoms with Crippen molar-refractivity contribution in [3.63, 3.8) is 0 Å². The first-order valence-corrected chi connectivity index (χ1v) is 9.46. The molecular weight excluding hydrogens is 384 g/mol. The van der Waals surface area contributed by atoms with E-state index >= 15 is 0 Å². The van der Waals surface area contributed by atoms with Gasteiger partial charge in [0.15, 0.2) is 0 Å². The van der Waals surface area contributed by atoms with Crippen LogP contribution >= 0.6 is 15.9 Å². The molecule has 2 fully saturated rings. The first-order chi connectivity index (χ1) is 12.0. The lowest BCUT2D eigenvalue weighted by Gasteiger charge is -2.35. The molecule has 0 aromatic heterocycles. The number of halogens is 1. The van der Waals surface area contributed by atoms with Gasteiger partial charge in [-0.05, 0) is 43.0 Å². The van der Waals surface area contributed by atoms with Crippen molar-refractivity contribution in [3.8, 4) is 0 Å². The summed E-state index contributed by atoms with van der Waals surface area (Å²) in [6.45, 7) is 5.26. The van der Waals surface area contributed by atoms with Gasteiger partial charge in [0.25, 0.3) is 0 Å². The van der Waals surface area contributed by atoms with E-state index in [9.17, 15) is 14.7 Å². The molecule has 6 heteroatoms. The smallest absolute Gasteiger partial charge is 0.245 e. The number of nitrogens with zero attached hydrogens (tertiary/aromatic N) is 2. The number of aliphatic hydroxyl groups is 1. The average molecular weight is 407 g/mol. The van der Waals surface area contributed by atoms with Gasteiger partial charge in [0.1, 0.15) is 0 Å². The van der Waals surface area contributed by atoms with Crippen LogP contribution in [-0.4, -0.2) is 52.5 Å². The maximum Gasteiger partial charge on any atom is 0.245 e. The lowest BCUT2D eigenvalue weighted by Crippen LogP contribution is -2.44. The van der Waals surface area contributed by atoms with Crippen LogP contribution < -0.4 is 0 Å². The number of carbonyl (C=O) groups excluding carboxylic acids is 2. The third-order valence-corrected chi connectivity index (χ3v) is 5.72. The van der Waals surface area contributed by atoms with Crippen LogP contribution in [0.1, 0.15) is 30.9 Å². The van der Waals surface area contributed by atoms with E-state index in [2.05, 4.69) is 22.5 Å². The summed E-state index contributed by atoms with van der Waals surface area (Å²) in [5.74, 6) is -0.0671. The Morgan fingerprint density at radius 1 is 1.12 bits per heavy atom. The number of likely N-dealkylation sites (tertiary alicyclic amines) is 2. The van der Waals surface area contributed by atoms with Crippen LogP contribution in [0.4, 0.5) is 0 Å². The summed E-state index contributed by atoms with van der Waals surface area (Å²) in [4.78, 5) is 28.3. The van der Waals surface area contributed by atoms with Gasteiger partial charge < -0.3 is 14.9 Å². The van der Waals surface area contributed by atoms with Crippen LogP contribution in [0.15, 0.2) is 41.4 Å². The van der Waals surface area contributed by atoms with Gasteiger partial charge in [-0.2, -0.15) is 0 Å². The summed E-state index contributed by atoms with van der Waals surface area (Å²) in [6.07, 6.45) is 2.71. The Kier molecular flexibility index (Phi) is 5.59. The Bertz CT molecular complexity index is 653.